The van der Waals surface area contributed by atoms with Gasteiger partial charge in [-0.1, -0.05) is 30.3 Å². The Morgan fingerprint density at radius 3 is 2.19 bits per heavy atom. The minimum atomic E-state index is -0.250. The van der Waals surface area contributed by atoms with E-state index in [-0.39, 0.29) is 17.6 Å². The van der Waals surface area contributed by atoms with Crippen LogP contribution >= 0.6 is 11.3 Å². The van der Waals surface area contributed by atoms with Crippen molar-refractivity contribution in [2.45, 2.75) is 0 Å². The summed E-state index contributed by atoms with van der Waals surface area (Å²) in [4.78, 5) is 25.0. The number of rotatable bonds is 6. The second-order valence-electron chi connectivity index (χ2n) is 5.59. The molecule has 0 saturated carbocycles. The molecule has 3 aromatic rings. The number of aromatic hydroxyl groups is 1. The number of phenols is 1. The van der Waals surface area contributed by atoms with Crippen LogP contribution in [0.4, 0.5) is 0 Å². The lowest BCUT2D eigenvalue weighted by Gasteiger charge is -2.08. The number of benzene rings is 2. The summed E-state index contributed by atoms with van der Waals surface area (Å²) in [6.45, 7) is 0.645. The minimum Gasteiger partial charge on any atom is -0.508 e. The Morgan fingerprint density at radius 2 is 1.50 bits per heavy atom. The molecule has 5 nitrogen and oxygen atoms in total. The van der Waals surface area contributed by atoms with Crippen LogP contribution in [0.3, 0.4) is 0 Å². The summed E-state index contributed by atoms with van der Waals surface area (Å²) in [5.41, 5.74) is 2.36. The maximum atomic E-state index is 12.4. The fraction of sp³-hybridized carbons (Fsp3) is 0.100. The van der Waals surface area contributed by atoms with E-state index in [0.717, 1.165) is 11.1 Å². The van der Waals surface area contributed by atoms with Gasteiger partial charge in [0.2, 0.25) is 0 Å². The van der Waals surface area contributed by atoms with Crippen molar-refractivity contribution in [2.75, 3.05) is 13.1 Å². The molecule has 0 radical (unpaired) electrons. The Hall–Kier alpha value is -3.12. The van der Waals surface area contributed by atoms with Crippen molar-refractivity contribution in [1.29, 1.82) is 0 Å². The standard InChI is InChI=1S/C20H18N2O3S/c23-16-8-6-15(7-9-16)19(24)21-11-12-22-20(25)18-17(10-13-26-18)14-4-2-1-3-5-14/h1-10,13,23H,11-12H2,(H,21,24)(H,22,25). The van der Waals surface area contributed by atoms with Crippen molar-refractivity contribution in [1.82, 2.24) is 10.6 Å². The maximum Gasteiger partial charge on any atom is 0.262 e. The van der Waals surface area contributed by atoms with E-state index in [1.54, 1.807) is 12.1 Å². The molecular formula is C20H18N2O3S. The predicted octanol–water partition coefficient (Wildman–Crippen LogP) is 3.28. The Balaban J connectivity index is 1.52. The van der Waals surface area contributed by atoms with E-state index >= 15 is 0 Å². The molecule has 1 aromatic heterocycles. The fourth-order valence-corrected chi connectivity index (χ4v) is 3.31. The highest BCUT2D eigenvalue weighted by Gasteiger charge is 2.14. The van der Waals surface area contributed by atoms with Gasteiger partial charge in [-0.25, -0.2) is 0 Å². The third-order valence-electron chi connectivity index (χ3n) is 3.78. The van der Waals surface area contributed by atoms with Crippen LogP contribution in [-0.4, -0.2) is 30.0 Å². The quantitative estimate of drug-likeness (QED) is 0.586. The summed E-state index contributed by atoms with van der Waals surface area (Å²) >= 11 is 1.39. The number of nitrogens with one attached hydrogen (secondary N) is 2. The maximum absolute atomic E-state index is 12.4. The van der Waals surface area contributed by atoms with Gasteiger partial charge in [0.1, 0.15) is 5.75 Å². The van der Waals surface area contributed by atoms with E-state index < -0.39 is 0 Å². The van der Waals surface area contributed by atoms with E-state index in [2.05, 4.69) is 10.6 Å². The van der Waals surface area contributed by atoms with Gasteiger partial charge < -0.3 is 15.7 Å². The highest BCUT2D eigenvalue weighted by Crippen LogP contribution is 2.27. The molecule has 2 amide bonds. The van der Waals surface area contributed by atoms with Crippen LogP contribution in [0.15, 0.2) is 66.0 Å². The zero-order valence-corrected chi connectivity index (χ0v) is 14.8. The highest BCUT2D eigenvalue weighted by molar-refractivity contribution is 7.12. The second-order valence-corrected chi connectivity index (χ2v) is 6.50. The monoisotopic (exact) mass is 366 g/mol. The molecule has 26 heavy (non-hydrogen) atoms. The van der Waals surface area contributed by atoms with Crippen molar-refractivity contribution in [2.24, 2.45) is 0 Å². The van der Waals surface area contributed by atoms with E-state index in [1.165, 1.54) is 23.5 Å². The largest absolute Gasteiger partial charge is 0.508 e. The molecule has 6 heteroatoms. The summed E-state index contributed by atoms with van der Waals surface area (Å²) in [7, 11) is 0. The van der Waals surface area contributed by atoms with E-state index in [4.69, 9.17) is 0 Å². The molecule has 3 N–H and O–H groups in total. The van der Waals surface area contributed by atoms with Crippen LogP contribution in [0.5, 0.6) is 5.75 Å². The van der Waals surface area contributed by atoms with Gasteiger partial charge in [-0.05, 0) is 41.3 Å². The smallest absolute Gasteiger partial charge is 0.262 e. The average Bonchev–Trinajstić information content (AvgIpc) is 3.16. The summed E-state index contributed by atoms with van der Waals surface area (Å²) in [6.07, 6.45) is 0. The Morgan fingerprint density at radius 1 is 0.846 bits per heavy atom. The van der Waals surface area contributed by atoms with Crippen LogP contribution in [0.2, 0.25) is 0 Å². The lowest BCUT2D eigenvalue weighted by Crippen LogP contribution is -2.34. The van der Waals surface area contributed by atoms with Crippen LogP contribution in [0.25, 0.3) is 11.1 Å². The van der Waals surface area contributed by atoms with Gasteiger partial charge in [-0.3, -0.25) is 9.59 Å². The number of thiophene rings is 1. The molecule has 0 spiro atoms. The average molecular weight is 366 g/mol. The Kier molecular flexibility index (Phi) is 5.66. The fourth-order valence-electron chi connectivity index (χ4n) is 2.48. The molecule has 1 heterocycles. The minimum absolute atomic E-state index is 0.110. The summed E-state index contributed by atoms with van der Waals surface area (Å²) in [5.74, 6) is -0.294. The zero-order valence-electron chi connectivity index (χ0n) is 13.9. The van der Waals surface area contributed by atoms with Crippen LogP contribution < -0.4 is 10.6 Å². The highest BCUT2D eigenvalue weighted by atomic mass is 32.1. The SMILES string of the molecule is O=C(NCCNC(=O)c1sccc1-c1ccccc1)c1ccc(O)cc1. The van der Waals surface area contributed by atoms with E-state index in [1.807, 2.05) is 41.8 Å². The first kappa shape index (κ1) is 17.7. The molecule has 0 fully saturated rings. The van der Waals surface area contributed by atoms with Gasteiger partial charge in [0.15, 0.2) is 0 Å². The predicted molar refractivity (Wildman–Crippen MR) is 103 cm³/mol. The molecule has 0 unspecified atom stereocenters. The first-order chi connectivity index (χ1) is 12.6. The molecule has 0 aliphatic carbocycles. The molecule has 0 saturated heterocycles. The van der Waals surface area contributed by atoms with E-state index in [0.29, 0.717) is 23.5 Å². The van der Waals surface area contributed by atoms with Crippen LogP contribution in [0.1, 0.15) is 20.0 Å². The number of carbonyl (C=O) groups excluding carboxylic acids is 2. The number of amides is 2. The molecule has 132 valence electrons. The third-order valence-corrected chi connectivity index (χ3v) is 4.70. The Labute approximate surface area is 155 Å². The van der Waals surface area contributed by atoms with Crippen LogP contribution in [0, 0.1) is 0 Å². The number of hydrogen-bond donors (Lipinski definition) is 3. The second kappa shape index (κ2) is 8.31. The van der Waals surface area contributed by atoms with Gasteiger partial charge >= 0.3 is 0 Å². The van der Waals surface area contributed by atoms with Gasteiger partial charge in [-0.2, -0.15) is 0 Å². The van der Waals surface area contributed by atoms with Crippen molar-refractivity contribution in [3.63, 3.8) is 0 Å². The van der Waals surface area contributed by atoms with Crippen molar-refractivity contribution >= 4 is 23.2 Å². The van der Waals surface area contributed by atoms with Gasteiger partial charge in [-0.15, -0.1) is 11.3 Å². The Bertz CT molecular complexity index is 889. The molecular weight excluding hydrogens is 348 g/mol. The zero-order chi connectivity index (χ0) is 18.4. The topological polar surface area (TPSA) is 78.4 Å². The first-order valence-corrected chi connectivity index (χ1v) is 9.01. The normalized spacial score (nSPS) is 10.3. The van der Waals surface area contributed by atoms with Gasteiger partial charge in [0.25, 0.3) is 11.8 Å². The number of hydrogen-bond acceptors (Lipinski definition) is 4. The number of phenolic OH excluding ortho intramolecular Hbond substituents is 1. The van der Waals surface area contributed by atoms with Crippen molar-refractivity contribution < 1.29 is 14.7 Å². The molecule has 0 aliphatic heterocycles. The van der Waals surface area contributed by atoms with Crippen molar-refractivity contribution in [3.8, 4) is 16.9 Å². The van der Waals surface area contributed by atoms with Crippen molar-refractivity contribution in [3.05, 3.63) is 76.5 Å². The molecule has 0 bridgehead atoms. The molecule has 0 atom stereocenters. The van der Waals surface area contributed by atoms with Crippen LogP contribution in [-0.2, 0) is 0 Å². The lowest BCUT2D eigenvalue weighted by atomic mass is 10.1. The summed E-state index contributed by atoms with van der Waals surface area (Å²) in [6, 6.07) is 17.7. The molecule has 2 aromatic carbocycles. The lowest BCUT2D eigenvalue weighted by molar-refractivity contribution is 0.0930. The van der Waals surface area contributed by atoms with E-state index in [9.17, 15) is 14.7 Å². The summed E-state index contributed by atoms with van der Waals surface area (Å²) < 4.78 is 0. The van der Waals surface area contributed by atoms with Gasteiger partial charge in [0, 0.05) is 24.2 Å². The molecule has 3 rings (SSSR count). The summed E-state index contributed by atoms with van der Waals surface area (Å²) in [5, 5.41) is 16.7. The number of carbonyl (C=O) groups is 2. The molecule has 0 aliphatic rings. The first-order valence-electron chi connectivity index (χ1n) is 8.13. The van der Waals surface area contributed by atoms with Gasteiger partial charge in [0.05, 0.1) is 4.88 Å². The third kappa shape index (κ3) is 4.29.